The molecule has 2 aromatic rings. The molecule has 1 nitrogen and oxygen atoms in total. The zero-order valence-corrected chi connectivity index (χ0v) is 14.5. The molecule has 0 radical (unpaired) electrons. The van der Waals surface area contributed by atoms with Gasteiger partial charge in [-0.05, 0) is 61.9 Å². The van der Waals surface area contributed by atoms with Crippen LogP contribution in [-0.4, -0.2) is 18.8 Å². The Balaban J connectivity index is 1.95. The van der Waals surface area contributed by atoms with Crippen molar-refractivity contribution < 1.29 is 0 Å². The Morgan fingerprint density at radius 2 is 1.81 bits per heavy atom. The average Bonchev–Trinajstić information content (AvgIpc) is 2.47. The highest BCUT2D eigenvalue weighted by atomic mass is 35.5. The SMILES string of the molecule is CNC(CSc1ccc(Cl)cc1)Cc1ccc(C)cc1Cl. The van der Waals surface area contributed by atoms with E-state index in [9.17, 15) is 0 Å². The van der Waals surface area contributed by atoms with Gasteiger partial charge in [-0.2, -0.15) is 0 Å². The number of nitrogens with one attached hydrogen (secondary N) is 1. The summed E-state index contributed by atoms with van der Waals surface area (Å²) in [7, 11) is 2.00. The van der Waals surface area contributed by atoms with Crippen molar-refractivity contribution in [1.82, 2.24) is 5.32 Å². The lowest BCUT2D eigenvalue weighted by atomic mass is 10.1. The summed E-state index contributed by atoms with van der Waals surface area (Å²) in [5.74, 6) is 0.988. The molecule has 0 bridgehead atoms. The van der Waals surface area contributed by atoms with Gasteiger partial charge in [-0.3, -0.25) is 0 Å². The highest BCUT2D eigenvalue weighted by Crippen LogP contribution is 2.24. The Morgan fingerprint density at radius 1 is 1.10 bits per heavy atom. The van der Waals surface area contributed by atoms with Gasteiger partial charge in [-0.15, -0.1) is 11.8 Å². The van der Waals surface area contributed by atoms with E-state index in [0.717, 1.165) is 22.2 Å². The minimum Gasteiger partial charge on any atom is -0.316 e. The molecule has 1 atom stereocenters. The number of likely N-dealkylation sites (N-methyl/N-ethyl adjacent to an activating group) is 1. The summed E-state index contributed by atoms with van der Waals surface area (Å²) >= 11 is 14.0. The van der Waals surface area contributed by atoms with Gasteiger partial charge in [0.15, 0.2) is 0 Å². The van der Waals surface area contributed by atoms with Crippen LogP contribution in [0.4, 0.5) is 0 Å². The first-order valence-corrected chi connectivity index (χ1v) is 8.63. The Bertz CT molecular complexity index is 584. The van der Waals surface area contributed by atoms with Crippen molar-refractivity contribution in [2.45, 2.75) is 24.3 Å². The van der Waals surface area contributed by atoms with Crippen molar-refractivity contribution in [2.24, 2.45) is 0 Å². The summed E-state index contributed by atoms with van der Waals surface area (Å²) in [5.41, 5.74) is 2.39. The highest BCUT2D eigenvalue weighted by Gasteiger charge is 2.10. The molecule has 0 spiro atoms. The van der Waals surface area contributed by atoms with E-state index in [4.69, 9.17) is 23.2 Å². The molecule has 1 N–H and O–H groups in total. The van der Waals surface area contributed by atoms with Crippen LogP contribution in [0.2, 0.25) is 10.0 Å². The molecule has 112 valence electrons. The lowest BCUT2D eigenvalue weighted by Crippen LogP contribution is -2.30. The first-order chi connectivity index (χ1) is 10.1. The van der Waals surface area contributed by atoms with E-state index in [-0.39, 0.29) is 0 Å². The third-order valence-electron chi connectivity index (χ3n) is 3.35. The topological polar surface area (TPSA) is 12.0 Å². The van der Waals surface area contributed by atoms with Crippen LogP contribution in [0.5, 0.6) is 0 Å². The van der Waals surface area contributed by atoms with E-state index in [1.54, 1.807) is 0 Å². The summed E-state index contributed by atoms with van der Waals surface area (Å²) in [6.45, 7) is 2.06. The third-order valence-corrected chi connectivity index (χ3v) is 5.13. The molecule has 2 aromatic carbocycles. The quantitative estimate of drug-likeness (QED) is 0.723. The molecule has 0 amide bonds. The van der Waals surface area contributed by atoms with Crippen molar-refractivity contribution in [1.29, 1.82) is 0 Å². The second kappa shape index (κ2) is 8.09. The predicted octanol–water partition coefficient (Wildman–Crippen LogP) is 5.22. The van der Waals surface area contributed by atoms with Gasteiger partial charge in [0.05, 0.1) is 0 Å². The van der Waals surface area contributed by atoms with Gasteiger partial charge in [0, 0.05) is 26.7 Å². The molecule has 0 aliphatic rings. The molecule has 0 aromatic heterocycles. The summed E-state index contributed by atoms with van der Waals surface area (Å²) in [6, 6.07) is 14.6. The fourth-order valence-corrected chi connectivity index (χ4v) is 3.50. The number of aryl methyl sites for hydroxylation is 1. The van der Waals surface area contributed by atoms with Crippen molar-refractivity contribution >= 4 is 35.0 Å². The van der Waals surface area contributed by atoms with Gasteiger partial charge in [0.2, 0.25) is 0 Å². The monoisotopic (exact) mass is 339 g/mol. The van der Waals surface area contributed by atoms with Crippen LogP contribution in [-0.2, 0) is 6.42 Å². The highest BCUT2D eigenvalue weighted by molar-refractivity contribution is 7.99. The maximum atomic E-state index is 6.32. The maximum Gasteiger partial charge on any atom is 0.0441 e. The smallest absolute Gasteiger partial charge is 0.0441 e. The summed E-state index contributed by atoms with van der Waals surface area (Å²) in [6.07, 6.45) is 0.927. The molecule has 0 fully saturated rings. The molecular weight excluding hydrogens is 321 g/mol. The lowest BCUT2D eigenvalue weighted by molar-refractivity contribution is 0.617. The minimum atomic E-state index is 0.380. The predicted molar refractivity (Wildman–Crippen MR) is 94.9 cm³/mol. The molecule has 0 saturated heterocycles. The van der Waals surface area contributed by atoms with Crippen LogP contribution in [0.15, 0.2) is 47.4 Å². The Kier molecular flexibility index (Phi) is 6.43. The van der Waals surface area contributed by atoms with E-state index in [1.165, 1.54) is 16.0 Å². The third kappa shape index (κ3) is 5.23. The molecule has 0 heterocycles. The lowest BCUT2D eigenvalue weighted by Gasteiger charge is -2.17. The van der Waals surface area contributed by atoms with E-state index in [0.29, 0.717) is 6.04 Å². The molecule has 0 saturated carbocycles. The number of hydrogen-bond donors (Lipinski definition) is 1. The maximum absolute atomic E-state index is 6.32. The summed E-state index contributed by atoms with van der Waals surface area (Å²) in [4.78, 5) is 1.23. The van der Waals surface area contributed by atoms with Crippen LogP contribution in [0.3, 0.4) is 0 Å². The standard InChI is InChI=1S/C17H19Cl2NS/c1-12-3-4-13(17(19)9-12)10-15(20-2)11-21-16-7-5-14(18)6-8-16/h3-9,15,20H,10-11H2,1-2H3. The van der Waals surface area contributed by atoms with Gasteiger partial charge < -0.3 is 5.32 Å². The van der Waals surface area contributed by atoms with Crippen molar-refractivity contribution in [2.75, 3.05) is 12.8 Å². The Morgan fingerprint density at radius 3 is 2.43 bits per heavy atom. The van der Waals surface area contributed by atoms with Crippen LogP contribution in [0.1, 0.15) is 11.1 Å². The molecule has 0 aliphatic heterocycles. The average molecular weight is 340 g/mol. The zero-order valence-electron chi connectivity index (χ0n) is 12.2. The van der Waals surface area contributed by atoms with Crippen LogP contribution >= 0.6 is 35.0 Å². The number of rotatable bonds is 6. The molecule has 21 heavy (non-hydrogen) atoms. The molecule has 2 rings (SSSR count). The molecule has 4 heteroatoms. The van der Waals surface area contributed by atoms with Crippen LogP contribution in [0, 0.1) is 6.92 Å². The Labute approximate surface area is 141 Å². The minimum absolute atomic E-state index is 0.380. The van der Waals surface area contributed by atoms with E-state index in [2.05, 4.69) is 36.5 Å². The van der Waals surface area contributed by atoms with Gasteiger partial charge in [-0.25, -0.2) is 0 Å². The number of hydrogen-bond acceptors (Lipinski definition) is 2. The van der Waals surface area contributed by atoms with Crippen LogP contribution in [0.25, 0.3) is 0 Å². The second-order valence-corrected chi connectivity index (χ2v) is 6.99. The number of benzene rings is 2. The fourth-order valence-electron chi connectivity index (χ4n) is 2.06. The summed E-state index contributed by atoms with van der Waals surface area (Å²) in [5, 5.41) is 5.00. The van der Waals surface area contributed by atoms with E-state index in [1.807, 2.05) is 37.0 Å². The van der Waals surface area contributed by atoms with Crippen LogP contribution < -0.4 is 5.32 Å². The second-order valence-electron chi connectivity index (χ2n) is 5.05. The summed E-state index contributed by atoms with van der Waals surface area (Å²) < 4.78 is 0. The van der Waals surface area contributed by atoms with E-state index < -0.39 is 0 Å². The molecule has 1 unspecified atom stereocenters. The van der Waals surface area contributed by atoms with Crippen molar-refractivity contribution in [3.05, 3.63) is 63.6 Å². The van der Waals surface area contributed by atoms with Gasteiger partial charge >= 0.3 is 0 Å². The zero-order chi connectivity index (χ0) is 15.2. The largest absolute Gasteiger partial charge is 0.316 e. The van der Waals surface area contributed by atoms with Gasteiger partial charge in [-0.1, -0.05) is 35.3 Å². The fraction of sp³-hybridized carbons (Fsp3) is 0.294. The molecular formula is C17H19Cl2NS. The molecule has 0 aliphatic carbocycles. The normalized spacial score (nSPS) is 12.4. The first kappa shape index (κ1) is 16.7. The van der Waals surface area contributed by atoms with E-state index >= 15 is 0 Å². The number of thioether (sulfide) groups is 1. The van der Waals surface area contributed by atoms with Crippen molar-refractivity contribution in [3.63, 3.8) is 0 Å². The van der Waals surface area contributed by atoms with Gasteiger partial charge in [0.25, 0.3) is 0 Å². The number of halogens is 2. The first-order valence-electron chi connectivity index (χ1n) is 6.89. The Hall–Kier alpha value is -0.670. The van der Waals surface area contributed by atoms with Crippen molar-refractivity contribution in [3.8, 4) is 0 Å². The van der Waals surface area contributed by atoms with Gasteiger partial charge in [0.1, 0.15) is 0 Å².